The maximum atomic E-state index is 12.2. The van der Waals surface area contributed by atoms with Crippen molar-refractivity contribution in [3.63, 3.8) is 0 Å². The summed E-state index contributed by atoms with van der Waals surface area (Å²) in [5.41, 5.74) is 0. The van der Waals surface area contributed by atoms with Gasteiger partial charge in [0, 0.05) is 13.0 Å². The molecule has 0 bridgehead atoms. The highest BCUT2D eigenvalue weighted by molar-refractivity contribution is 5.84. The van der Waals surface area contributed by atoms with E-state index in [1.165, 1.54) is 0 Å². The summed E-state index contributed by atoms with van der Waals surface area (Å²) >= 11 is 0. The molecule has 112 valence electrons. The van der Waals surface area contributed by atoms with Gasteiger partial charge in [-0.2, -0.15) is 13.2 Å². The Morgan fingerprint density at radius 1 is 1.21 bits per heavy atom. The SMILES string of the molecule is CC(C)C1NC(C(C)C)N(CCCC(F)(F)F)C1=O. The third-order valence-electron chi connectivity index (χ3n) is 3.39. The molecule has 0 aromatic heterocycles. The van der Waals surface area contributed by atoms with Gasteiger partial charge in [-0.1, -0.05) is 27.7 Å². The Hall–Kier alpha value is -0.780. The first-order valence-corrected chi connectivity index (χ1v) is 6.76. The number of nitrogens with zero attached hydrogens (tertiary/aromatic N) is 1. The van der Waals surface area contributed by atoms with Gasteiger partial charge in [0.2, 0.25) is 5.91 Å². The molecule has 0 aromatic carbocycles. The molecule has 1 heterocycles. The quantitative estimate of drug-likeness (QED) is 0.840. The summed E-state index contributed by atoms with van der Waals surface area (Å²) in [6.07, 6.45) is -5.19. The molecular formula is C13H23F3N2O. The van der Waals surface area contributed by atoms with Crippen LogP contribution in [0, 0.1) is 11.8 Å². The van der Waals surface area contributed by atoms with Crippen molar-refractivity contribution in [2.45, 2.75) is 58.9 Å². The Morgan fingerprint density at radius 2 is 1.79 bits per heavy atom. The normalized spacial score (nSPS) is 24.9. The second-order valence-electron chi connectivity index (χ2n) is 5.83. The van der Waals surface area contributed by atoms with Crippen molar-refractivity contribution in [2.24, 2.45) is 11.8 Å². The van der Waals surface area contributed by atoms with E-state index in [0.717, 1.165) is 0 Å². The van der Waals surface area contributed by atoms with E-state index in [4.69, 9.17) is 0 Å². The highest BCUT2D eigenvalue weighted by Crippen LogP contribution is 2.25. The number of halogens is 3. The number of carbonyl (C=O) groups excluding carboxylic acids is 1. The van der Waals surface area contributed by atoms with E-state index in [9.17, 15) is 18.0 Å². The van der Waals surface area contributed by atoms with Crippen LogP contribution in [0.3, 0.4) is 0 Å². The zero-order valence-corrected chi connectivity index (χ0v) is 11.9. The van der Waals surface area contributed by atoms with Gasteiger partial charge < -0.3 is 4.90 Å². The average Bonchev–Trinajstić information content (AvgIpc) is 2.55. The molecule has 0 aromatic rings. The molecule has 0 spiro atoms. The number of amides is 1. The maximum absolute atomic E-state index is 12.2. The number of alkyl halides is 3. The van der Waals surface area contributed by atoms with E-state index >= 15 is 0 Å². The first kappa shape index (κ1) is 16.3. The largest absolute Gasteiger partial charge is 0.389 e. The second-order valence-corrected chi connectivity index (χ2v) is 5.83. The number of carbonyl (C=O) groups is 1. The maximum Gasteiger partial charge on any atom is 0.389 e. The number of nitrogens with one attached hydrogen (secondary N) is 1. The molecule has 1 aliphatic rings. The Kier molecular flexibility index (Phi) is 5.24. The highest BCUT2D eigenvalue weighted by atomic mass is 19.4. The summed E-state index contributed by atoms with van der Waals surface area (Å²) in [7, 11) is 0. The van der Waals surface area contributed by atoms with Gasteiger partial charge >= 0.3 is 6.18 Å². The topological polar surface area (TPSA) is 32.3 Å². The predicted octanol–water partition coefficient (Wildman–Crippen LogP) is 2.77. The van der Waals surface area contributed by atoms with E-state index in [-0.39, 0.29) is 42.9 Å². The number of hydrogen-bond donors (Lipinski definition) is 1. The minimum Gasteiger partial charge on any atom is -0.326 e. The van der Waals surface area contributed by atoms with Crippen LogP contribution in [-0.4, -0.2) is 35.7 Å². The van der Waals surface area contributed by atoms with Crippen LogP contribution in [0.25, 0.3) is 0 Å². The summed E-state index contributed by atoms with van der Waals surface area (Å²) in [6.45, 7) is 7.96. The third kappa shape index (κ3) is 4.37. The molecule has 0 radical (unpaired) electrons. The van der Waals surface area contributed by atoms with Crippen molar-refractivity contribution in [3.05, 3.63) is 0 Å². The Balaban J connectivity index is 2.64. The van der Waals surface area contributed by atoms with Crippen LogP contribution in [0.1, 0.15) is 40.5 Å². The molecule has 1 rings (SSSR count). The summed E-state index contributed by atoms with van der Waals surface area (Å²) in [4.78, 5) is 13.8. The van der Waals surface area contributed by atoms with Crippen molar-refractivity contribution < 1.29 is 18.0 Å². The van der Waals surface area contributed by atoms with Gasteiger partial charge in [0.25, 0.3) is 0 Å². The smallest absolute Gasteiger partial charge is 0.326 e. The lowest BCUT2D eigenvalue weighted by atomic mass is 10.0. The van der Waals surface area contributed by atoms with E-state index in [1.54, 1.807) is 4.90 Å². The molecule has 1 amide bonds. The number of rotatable bonds is 5. The molecular weight excluding hydrogens is 257 g/mol. The Bertz CT molecular complexity index is 316. The van der Waals surface area contributed by atoms with Crippen molar-refractivity contribution >= 4 is 5.91 Å². The molecule has 1 saturated heterocycles. The van der Waals surface area contributed by atoms with Crippen LogP contribution in [0.2, 0.25) is 0 Å². The molecule has 1 aliphatic heterocycles. The minimum absolute atomic E-state index is 0.0368. The van der Waals surface area contributed by atoms with Gasteiger partial charge in [-0.05, 0) is 18.3 Å². The molecule has 2 unspecified atom stereocenters. The van der Waals surface area contributed by atoms with Crippen LogP contribution in [0.4, 0.5) is 13.2 Å². The summed E-state index contributed by atoms with van der Waals surface area (Å²) < 4.78 is 36.5. The minimum atomic E-state index is -4.15. The van der Waals surface area contributed by atoms with Gasteiger partial charge in [-0.15, -0.1) is 0 Å². The van der Waals surface area contributed by atoms with E-state index in [0.29, 0.717) is 0 Å². The molecule has 0 aliphatic carbocycles. The van der Waals surface area contributed by atoms with Crippen molar-refractivity contribution in [1.82, 2.24) is 10.2 Å². The van der Waals surface area contributed by atoms with Crippen LogP contribution >= 0.6 is 0 Å². The molecule has 19 heavy (non-hydrogen) atoms. The van der Waals surface area contributed by atoms with Gasteiger partial charge in [0.15, 0.2) is 0 Å². The Labute approximate surface area is 112 Å². The lowest BCUT2D eigenvalue weighted by Crippen LogP contribution is -2.42. The fourth-order valence-electron chi connectivity index (χ4n) is 2.39. The standard InChI is InChI=1S/C13H23F3N2O/c1-8(2)10-12(19)18(11(17-10)9(3)4)7-5-6-13(14,15)16/h8-11,17H,5-7H2,1-4H3. The van der Waals surface area contributed by atoms with Gasteiger partial charge in [-0.25, -0.2) is 0 Å². The average molecular weight is 280 g/mol. The van der Waals surface area contributed by atoms with Gasteiger partial charge in [-0.3, -0.25) is 10.1 Å². The van der Waals surface area contributed by atoms with Crippen LogP contribution in [-0.2, 0) is 4.79 Å². The fraction of sp³-hybridized carbons (Fsp3) is 0.923. The molecule has 3 nitrogen and oxygen atoms in total. The van der Waals surface area contributed by atoms with Gasteiger partial charge in [0.1, 0.15) is 0 Å². The van der Waals surface area contributed by atoms with E-state index < -0.39 is 12.6 Å². The third-order valence-corrected chi connectivity index (χ3v) is 3.39. The fourth-order valence-corrected chi connectivity index (χ4v) is 2.39. The first-order valence-electron chi connectivity index (χ1n) is 6.76. The van der Waals surface area contributed by atoms with Gasteiger partial charge in [0.05, 0.1) is 12.2 Å². The molecule has 1 fully saturated rings. The zero-order valence-electron chi connectivity index (χ0n) is 11.9. The van der Waals surface area contributed by atoms with Crippen molar-refractivity contribution in [1.29, 1.82) is 0 Å². The van der Waals surface area contributed by atoms with Crippen LogP contribution in [0.5, 0.6) is 0 Å². The van der Waals surface area contributed by atoms with Crippen LogP contribution in [0.15, 0.2) is 0 Å². The highest BCUT2D eigenvalue weighted by Gasteiger charge is 2.41. The predicted molar refractivity (Wildman–Crippen MR) is 67.4 cm³/mol. The number of hydrogen-bond acceptors (Lipinski definition) is 2. The van der Waals surface area contributed by atoms with Crippen LogP contribution < -0.4 is 5.32 Å². The summed E-state index contributed by atoms with van der Waals surface area (Å²) in [6, 6.07) is -0.279. The van der Waals surface area contributed by atoms with E-state index in [1.807, 2.05) is 27.7 Å². The molecule has 6 heteroatoms. The molecule has 1 N–H and O–H groups in total. The second kappa shape index (κ2) is 6.11. The lowest BCUT2D eigenvalue weighted by Gasteiger charge is -2.27. The zero-order chi connectivity index (χ0) is 14.8. The molecule has 0 saturated carbocycles. The lowest BCUT2D eigenvalue weighted by molar-refractivity contribution is -0.140. The monoisotopic (exact) mass is 280 g/mol. The summed E-state index contributed by atoms with van der Waals surface area (Å²) in [5.74, 6) is 0.246. The first-order chi connectivity index (χ1) is 8.63. The summed E-state index contributed by atoms with van der Waals surface area (Å²) in [5, 5.41) is 3.23. The van der Waals surface area contributed by atoms with E-state index in [2.05, 4.69) is 5.32 Å². The Morgan fingerprint density at radius 3 is 2.21 bits per heavy atom. The molecule has 2 atom stereocenters. The van der Waals surface area contributed by atoms with Crippen molar-refractivity contribution in [2.75, 3.05) is 6.54 Å². The van der Waals surface area contributed by atoms with Crippen molar-refractivity contribution in [3.8, 4) is 0 Å².